The molecule has 0 saturated heterocycles. The molecule has 4 aliphatic rings. The van der Waals surface area contributed by atoms with E-state index < -0.39 is 0 Å². The van der Waals surface area contributed by atoms with Crippen molar-refractivity contribution in [1.29, 1.82) is 0 Å². The lowest BCUT2D eigenvalue weighted by Crippen LogP contribution is -2.57. The second-order valence-electron chi connectivity index (χ2n) is 15.4. The van der Waals surface area contributed by atoms with Crippen LogP contribution in [0.3, 0.4) is 0 Å². The lowest BCUT2D eigenvalue weighted by Gasteiger charge is -2.65. The summed E-state index contributed by atoms with van der Waals surface area (Å²) in [6.45, 7) is 27.9. The Labute approximate surface area is 208 Å². The lowest BCUT2D eigenvalue weighted by atomic mass is 9.40. The standard InChI is InChI=1S/C33H58/c1-22(2)26-15-21-33(23(3)4)18-11-17-31(9)19-16-27-30(7,8)25(6)14-20-32(27,10)28(31)13-12-24(5)29(26)33/h23-29H,1,11-21H2,2-10H3. The molecule has 0 aromatic carbocycles. The van der Waals surface area contributed by atoms with Crippen LogP contribution in [0.25, 0.3) is 0 Å². The van der Waals surface area contributed by atoms with Crippen LogP contribution in [0.5, 0.6) is 0 Å². The molecule has 0 radical (unpaired) electrons. The summed E-state index contributed by atoms with van der Waals surface area (Å²) in [5.74, 6) is 5.94. The van der Waals surface area contributed by atoms with Crippen molar-refractivity contribution < 1.29 is 0 Å². The molecule has 0 aliphatic heterocycles. The summed E-state index contributed by atoms with van der Waals surface area (Å²) in [6.07, 6.45) is 16.0. The summed E-state index contributed by atoms with van der Waals surface area (Å²) in [6, 6.07) is 0. The number of allylic oxidation sites excluding steroid dienone is 1. The van der Waals surface area contributed by atoms with E-state index in [1.165, 1.54) is 76.2 Å². The minimum atomic E-state index is 0.499. The predicted molar refractivity (Wildman–Crippen MR) is 145 cm³/mol. The highest BCUT2D eigenvalue weighted by atomic mass is 14.6. The largest absolute Gasteiger partial charge is 0.0998 e. The highest BCUT2D eigenvalue weighted by Gasteiger charge is 2.60. The van der Waals surface area contributed by atoms with Crippen molar-refractivity contribution in [2.75, 3.05) is 0 Å². The molecule has 0 heteroatoms. The zero-order valence-corrected chi connectivity index (χ0v) is 24.0. The van der Waals surface area contributed by atoms with Crippen LogP contribution >= 0.6 is 0 Å². The van der Waals surface area contributed by atoms with Crippen molar-refractivity contribution in [3.8, 4) is 0 Å². The Morgan fingerprint density at radius 3 is 2.12 bits per heavy atom. The Morgan fingerprint density at radius 1 is 0.788 bits per heavy atom. The molecule has 0 heterocycles. The van der Waals surface area contributed by atoms with E-state index >= 15 is 0 Å². The number of hydrogen-bond acceptors (Lipinski definition) is 0. The number of hydrogen-bond donors (Lipinski definition) is 0. The van der Waals surface area contributed by atoms with Crippen LogP contribution < -0.4 is 0 Å². The van der Waals surface area contributed by atoms with Crippen molar-refractivity contribution >= 4 is 0 Å². The molecule has 4 fully saturated rings. The molecule has 0 bridgehead atoms. The number of fused-ring (bicyclic) bond motifs is 4. The van der Waals surface area contributed by atoms with E-state index in [0.29, 0.717) is 21.7 Å². The first-order valence-corrected chi connectivity index (χ1v) is 14.9. The molecule has 9 unspecified atom stereocenters. The Bertz CT molecular complexity index is 728. The van der Waals surface area contributed by atoms with Gasteiger partial charge < -0.3 is 0 Å². The van der Waals surface area contributed by atoms with Crippen LogP contribution in [0.1, 0.15) is 133 Å². The third-order valence-corrected chi connectivity index (χ3v) is 13.4. The highest BCUT2D eigenvalue weighted by Crippen LogP contribution is 2.68. The van der Waals surface area contributed by atoms with E-state index in [0.717, 1.165) is 41.4 Å². The fraction of sp³-hybridized carbons (Fsp3) is 0.939. The van der Waals surface area contributed by atoms with Gasteiger partial charge in [0.2, 0.25) is 0 Å². The van der Waals surface area contributed by atoms with Crippen molar-refractivity contribution in [2.45, 2.75) is 133 Å². The molecule has 0 spiro atoms. The van der Waals surface area contributed by atoms with Gasteiger partial charge in [0.25, 0.3) is 0 Å². The molecular weight excluding hydrogens is 396 g/mol. The molecule has 0 amide bonds. The molecule has 4 aliphatic carbocycles. The van der Waals surface area contributed by atoms with E-state index in [1.54, 1.807) is 0 Å². The maximum absolute atomic E-state index is 4.51. The van der Waals surface area contributed by atoms with Gasteiger partial charge in [-0.1, -0.05) is 80.4 Å². The summed E-state index contributed by atoms with van der Waals surface area (Å²) in [5.41, 5.74) is 3.62. The highest BCUT2D eigenvalue weighted by molar-refractivity contribution is 5.12. The molecule has 4 rings (SSSR count). The van der Waals surface area contributed by atoms with Crippen molar-refractivity contribution in [3.05, 3.63) is 12.2 Å². The summed E-state index contributed by atoms with van der Waals surface area (Å²) < 4.78 is 0. The average Bonchev–Trinajstić information content (AvgIpc) is 3.11. The monoisotopic (exact) mass is 454 g/mol. The Morgan fingerprint density at radius 2 is 1.48 bits per heavy atom. The third kappa shape index (κ3) is 3.91. The van der Waals surface area contributed by atoms with Gasteiger partial charge in [-0.2, -0.15) is 0 Å². The van der Waals surface area contributed by atoms with Gasteiger partial charge in [0.15, 0.2) is 0 Å². The van der Waals surface area contributed by atoms with Gasteiger partial charge >= 0.3 is 0 Å². The van der Waals surface area contributed by atoms with Gasteiger partial charge in [0.1, 0.15) is 0 Å². The molecule has 4 saturated carbocycles. The first-order chi connectivity index (χ1) is 15.3. The van der Waals surface area contributed by atoms with Crippen LogP contribution in [0, 0.1) is 63.1 Å². The van der Waals surface area contributed by atoms with Gasteiger partial charge in [-0.25, -0.2) is 0 Å². The molecule has 0 nitrogen and oxygen atoms in total. The molecule has 0 aromatic rings. The lowest BCUT2D eigenvalue weighted by molar-refractivity contribution is -0.155. The van der Waals surface area contributed by atoms with Crippen LogP contribution in [0.15, 0.2) is 12.2 Å². The molecule has 33 heavy (non-hydrogen) atoms. The van der Waals surface area contributed by atoms with Gasteiger partial charge in [-0.3, -0.25) is 0 Å². The quantitative estimate of drug-likeness (QED) is 0.364. The van der Waals surface area contributed by atoms with E-state index in [4.69, 9.17) is 0 Å². The van der Waals surface area contributed by atoms with Crippen LogP contribution in [0.4, 0.5) is 0 Å². The topological polar surface area (TPSA) is 0 Å². The first-order valence-electron chi connectivity index (χ1n) is 14.9. The molecule has 190 valence electrons. The summed E-state index contributed by atoms with van der Waals surface area (Å²) in [4.78, 5) is 0. The fourth-order valence-electron chi connectivity index (χ4n) is 11.2. The van der Waals surface area contributed by atoms with E-state index in [-0.39, 0.29) is 0 Å². The van der Waals surface area contributed by atoms with Gasteiger partial charge in [-0.05, 0) is 128 Å². The Hall–Kier alpha value is -0.260. The molecule has 0 aromatic heterocycles. The molecule has 0 N–H and O–H groups in total. The summed E-state index contributed by atoms with van der Waals surface area (Å²) >= 11 is 0. The van der Waals surface area contributed by atoms with Crippen LogP contribution in [-0.4, -0.2) is 0 Å². The van der Waals surface area contributed by atoms with E-state index in [1.807, 2.05) is 0 Å². The molecule has 9 atom stereocenters. The van der Waals surface area contributed by atoms with Crippen LogP contribution in [0.2, 0.25) is 0 Å². The summed E-state index contributed by atoms with van der Waals surface area (Å²) in [5, 5.41) is 0. The fourth-order valence-corrected chi connectivity index (χ4v) is 11.2. The second-order valence-corrected chi connectivity index (χ2v) is 15.4. The number of rotatable bonds is 2. The van der Waals surface area contributed by atoms with Crippen molar-refractivity contribution in [3.63, 3.8) is 0 Å². The first kappa shape index (κ1) is 25.8. The summed E-state index contributed by atoms with van der Waals surface area (Å²) in [7, 11) is 0. The SMILES string of the molecule is C=C(C)C1CCC2(C(C)C)CCCC3(C)CCC4C(C)(C)C(C)CCC4(C)C3CCC(C)C12. The Balaban J connectivity index is 1.68. The Kier molecular flexibility index (Phi) is 6.80. The van der Waals surface area contributed by atoms with E-state index in [2.05, 4.69) is 68.9 Å². The average molecular weight is 455 g/mol. The normalized spacial score (nSPS) is 50.2. The van der Waals surface area contributed by atoms with Crippen molar-refractivity contribution in [1.82, 2.24) is 0 Å². The van der Waals surface area contributed by atoms with Crippen molar-refractivity contribution in [2.24, 2.45) is 63.1 Å². The van der Waals surface area contributed by atoms with Gasteiger partial charge in [0.05, 0.1) is 0 Å². The molecular formula is C33H58. The minimum Gasteiger partial charge on any atom is -0.0998 e. The minimum absolute atomic E-state index is 0.499. The van der Waals surface area contributed by atoms with Gasteiger partial charge in [-0.15, -0.1) is 0 Å². The van der Waals surface area contributed by atoms with E-state index in [9.17, 15) is 0 Å². The second kappa shape index (κ2) is 8.69. The smallest absolute Gasteiger partial charge is 0.0172 e. The van der Waals surface area contributed by atoms with Gasteiger partial charge in [0, 0.05) is 0 Å². The third-order valence-electron chi connectivity index (χ3n) is 13.4. The maximum atomic E-state index is 4.51. The zero-order valence-electron chi connectivity index (χ0n) is 24.0. The zero-order chi connectivity index (χ0) is 24.4. The van der Waals surface area contributed by atoms with Crippen LogP contribution in [-0.2, 0) is 0 Å². The predicted octanol–water partition coefficient (Wildman–Crippen LogP) is 10.3. The maximum Gasteiger partial charge on any atom is -0.0172 e.